The van der Waals surface area contributed by atoms with Crippen molar-refractivity contribution in [3.8, 4) is 5.69 Å². The Labute approximate surface area is 221 Å². The fourth-order valence-electron chi connectivity index (χ4n) is 11.3. The molecular weight excluding hydrogens is 460 g/mol. The summed E-state index contributed by atoms with van der Waals surface area (Å²) in [4.78, 5) is 0. The predicted molar refractivity (Wildman–Crippen MR) is 155 cm³/mol. The summed E-state index contributed by atoms with van der Waals surface area (Å²) in [5.41, 5.74) is 10.9. The van der Waals surface area contributed by atoms with Gasteiger partial charge in [0.15, 0.2) is 0 Å². The van der Waals surface area contributed by atoms with Crippen LogP contribution in [0.25, 0.3) is 49.3 Å². The van der Waals surface area contributed by atoms with E-state index in [2.05, 4.69) is 88.0 Å². The molecule has 2 heteroatoms. The average molecular weight is 491 g/mol. The lowest BCUT2D eigenvalue weighted by Gasteiger charge is -2.59. The fourth-order valence-corrected chi connectivity index (χ4v) is 11.3. The second kappa shape index (κ2) is 6.20. The topological polar surface area (TPSA) is 9.86 Å². The van der Waals surface area contributed by atoms with Gasteiger partial charge in [-0.15, -0.1) is 0 Å². The van der Waals surface area contributed by atoms with Gasteiger partial charge in [-0.1, -0.05) is 73.5 Å². The van der Waals surface area contributed by atoms with Crippen LogP contribution in [0.5, 0.6) is 0 Å². The van der Waals surface area contributed by atoms with Gasteiger partial charge < -0.3 is 9.13 Å². The van der Waals surface area contributed by atoms with Crippen LogP contribution in [0.15, 0.2) is 78.9 Å². The van der Waals surface area contributed by atoms with E-state index in [9.17, 15) is 0 Å². The number of rotatable bonds is 0. The molecule has 2 aliphatic heterocycles. The van der Waals surface area contributed by atoms with Crippen LogP contribution in [0.2, 0.25) is 0 Å². The number of benzene rings is 4. The van der Waals surface area contributed by atoms with Crippen molar-refractivity contribution < 1.29 is 0 Å². The lowest BCUT2D eigenvalue weighted by atomic mass is 9.47. The van der Waals surface area contributed by atoms with Crippen LogP contribution in [0.4, 0.5) is 0 Å². The van der Waals surface area contributed by atoms with Crippen LogP contribution in [-0.2, 0) is 5.41 Å². The summed E-state index contributed by atoms with van der Waals surface area (Å²) in [5.74, 6) is 3.17. The van der Waals surface area contributed by atoms with E-state index in [0.29, 0.717) is 12.0 Å². The number of nitrogens with zero attached hydrogens (tertiary/aromatic N) is 2. The molecule has 1 spiro atoms. The normalized spacial score (nSPS) is 31.9. The molecule has 38 heavy (non-hydrogen) atoms. The second-order valence-corrected chi connectivity index (χ2v) is 13.1. The van der Waals surface area contributed by atoms with Crippen LogP contribution in [0, 0.1) is 23.7 Å². The van der Waals surface area contributed by atoms with Gasteiger partial charge in [0.1, 0.15) is 0 Å². The van der Waals surface area contributed by atoms with Gasteiger partial charge in [-0.05, 0) is 73.1 Å². The summed E-state index contributed by atoms with van der Waals surface area (Å²) < 4.78 is 5.53. The molecule has 4 heterocycles. The summed E-state index contributed by atoms with van der Waals surface area (Å²) in [7, 11) is 0. The molecule has 2 aromatic heterocycles. The van der Waals surface area contributed by atoms with Gasteiger partial charge in [0.05, 0.1) is 22.2 Å². The molecule has 184 valence electrons. The highest BCUT2D eigenvalue weighted by atomic mass is 15.1. The van der Waals surface area contributed by atoms with E-state index in [-0.39, 0.29) is 5.41 Å². The zero-order valence-electron chi connectivity index (χ0n) is 21.5. The quantitative estimate of drug-likeness (QED) is 0.201. The Hall–Kier alpha value is -3.52. The molecule has 6 unspecified atom stereocenters. The van der Waals surface area contributed by atoms with Gasteiger partial charge in [0.25, 0.3) is 0 Å². The van der Waals surface area contributed by atoms with Crippen LogP contribution < -0.4 is 0 Å². The second-order valence-electron chi connectivity index (χ2n) is 13.1. The van der Waals surface area contributed by atoms with Gasteiger partial charge in [0, 0.05) is 44.1 Å². The van der Waals surface area contributed by atoms with Crippen molar-refractivity contribution in [1.29, 1.82) is 0 Å². The number of hydrogen-bond donors (Lipinski definition) is 0. The van der Waals surface area contributed by atoms with E-state index in [1.807, 2.05) is 0 Å². The first-order chi connectivity index (χ1) is 18.9. The van der Waals surface area contributed by atoms with E-state index in [1.54, 1.807) is 16.6 Å². The standard InChI is InChI=1S/C36H30N2/c1-3-13-28-22(8-1)24-10-6-12-27-34(24)37(28)31-18-16-25-23-9-2-4-14-29(23)38-30-17-15-21-19-20-7-5-11-26(20)36(27,32(21)30)33(31)35(25)38/h1-4,6,8-10,12-14,16,18,20-21,26,30,32H,5,7,11,15,17,19H2. The Kier molecular flexibility index (Phi) is 3.19. The van der Waals surface area contributed by atoms with Crippen molar-refractivity contribution in [3.63, 3.8) is 0 Å². The molecular formula is C36H30N2. The monoisotopic (exact) mass is 490 g/mol. The van der Waals surface area contributed by atoms with E-state index >= 15 is 0 Å². The summed E-state index contributed by atoms with van der Waals surface area (Å²) in [6.45, 7) is 0. The van der Waals surface area contributed by atoms with Crippen LogP contribution >= 0.6 is 0 Å². The molecule has 6 aromatic rings. The SMILES string of the molecule is c1ccc2c(c1)c1cccc3c1n2-c1ccc2c4ccccc4n4c2c1C31C2CCCC2CC2CCC4C21. The molecule has 0 N–H and O–H groups in total. The van der Waals surface area contributed by atoms with Crippen molar-refractivity contribution >= 4 is 43.6 Å². The highest BCUT2D eigenvalue weighted by Crippen LogP contribution is 2.72. The fraction of sp³-hybridized carbons (Fsp3) is 0.333. The predicted octanol–water partition coefficient (Wildman–Crippen LogP) is 8.89. The molecule has 0 amide bonds. The summed E-state index contributed by atoms with van der Waals surface area (Å²) >= 11 is 0. The Bertz CT molecular complexity index is 2040. The van der Waals surface area contributed by atoms with Crippen molar-refractivity contribution in [1.82, 2.24) is 9.13 Å². The summed E-state index contributed by atoms with van der Waals surface area (Å²) in [5, 5.41) is 5.79. The Morgan fingerprint density at radius 1 is 0.632 bits per heavy atom. The van der Waals surface area contributed by atoms with E-state index in [4.69, 9.17) is 0 Å². The number of aromatic nitrogens is 2. The molecule has 0 bridgehead atoms. The third-order valence-corrected chi connectivity index (χ3v) is 12.1. The van der Waals surface area contributed by atoms with Crippen LogP contribution in [-0.4, -0.2) is 9.13 Å². The van der Waals surface area contributed by atoms with Crippen LogP contribution in [0.3, 0.4) is 0 Å². The Morgan fingerprint density at radius 3 is 2.34 bits per heavy atom. The molecule has 0 saturated heterocycles. The van der Waals surface area contributed by atoms with Crippen molar-refractivity contribution in [3.05, 3.63) is 90.0 Å². The smallest absolute Gasteiger partial charge is 0.0582 e. The molecule has 6 atom stereocenters. The maximum atomic E-state index is 2.86. The maximum Gasteiger partial charge on any atom is 0.0582 e. The van der Waals surface area contributed by atoms with Crippen LogP contribution in [0.1, 0.15) is 55.7 Å². The first kappa shape index (κ1) is 19.5. The minimum atomic E-state index is 0.133. The van der Waals surface area contributed by atoms with E-state index < -0.39 is 0 Å². The minimum absolute atomic E-state index is 0.133. The molecule has 2 nitrogen and oxygen atoms in total. The van der Waals surface area contributed by atoms with Gasteiger partial charge in [-0.3, -0.25) is 0 Å². The average Bonchev–Trinajstić information content (AvgIpc) is 3.74. The van der Waals surface area contributed by atoms with Gasteiger partial charge >= 0.3 is 0 Å². The zero-order chi connectivity index (χ0) is 24.3. The largest absolute Gasteiger partial charge is 0.337 e. The first-order valence-electron chi connectivity index (χ1n) is 15.0. The number of fused-ring (bicyclic) bond motifs is 9. The highest BCUT2D eigenvalue weighted by Gasteiger charge is 2.66. The Balaban J connectivity index is 1.46. The molecule has 5 aliphatic rings. The number of para-hydroxylation sites is 3. The molecule has 4 aromatic carbocycles. The van der Waals surface area contributed by atoms with E-state index in [0.717, 1.165) is 17.8 Å². The third-order valence-electron chi connectivity index (χ3n) is 12.1. The van der Waals surface area contributed by atoms with Crippen molar-refractivity contribution in [2.24, 2.45) is 23.7 Å². The summed E-state index contributed by atoms with van der Waals surface area (Å²) in [6.07, 6.45) is 8.45. The van der Waals surface area contributed by atoms with Gasteiger partial charge in [0.2, 0.25) is 0 Å². The lowest BCUT2D eigenvalue weighted by molar-refractivity contribution is 0.0397. The third kappa shape index (κ3) is 1.83. The number of hydrogen-bond acceptors (Lipinski definition) is 0. The van der Waals surface area contributed by atoms with Gasteiger partial charge in [-0.2, -0.15) is 0 Å². The molecule has 3 saturated carbocycles. The molecule has 3 aliphatic carbocycles. The molecule has 3 fully saturated rings. The Morgan fingerprint density at radius 2 is 1.42 bits per heavy atom. The van der Waals surface area contributed by atoms with Crippen molar-refractivity contribution in [2.75, 3.05) is 0 Å². The summed E-state index contributed by atoms with van der Waals surface area (Å²) in [6, 6.07) is 31.4. The zero-order valence-corrected chi connectivity index (χ0v) is 21.5. The maximum absolute atomic E-state index is 2.86. The first-order valence-corrected chi connectivity index (χ1v) is 15.0. The molecule has 0 radical (unpaired) electrons. The highest BCUT2D eigenvalue weighted by molar-refractivity contribution is 6.15. The van der Waals surface area contributed by atoms with Crippen molar-refractivity contribution in [2.45, 2.75) is 50.0 Å². The van der Waals surface area contributed by atoms with E-state index in [1.165, 1.54) is 82.3 Å². The minimum Gasteiger partial charge on any atom is -0.337 e. The van der Waals surface area contributed by atoms with Gasteiger partial charge in [-0.25, -0.2) is 0 Å². The molecule has 11 rings (SSSR count). The lowest BCUT2D eigenvalue weighted by Crippen LogP contribution is -2.56.